The lowest BCUT2D eigenvalue weighted by atomic mass is 9.83. The fourth-order valence-electron chi connectivity index (χ4n) is 3.37. The summed E-state index contributed by atoms with van der Waals surface area (Å²) in [5.74, 6) is 0.0637. The van der Waals surface area contributed by atoms with Gasteiger partial charge in [0.1, 0.15) is 0 Å². The molecule has 2 fully saturated rings. The SMILES string of the molecule is O=C(O)CCCC1CCNC(C2CCCCN2)C1. The number of carboxylic acids is 1. The van der Waals surface area contributed by atoms with Crippen molar-refractivity contribution in [2.75, 3.05) is 13.1 Å². The standard InChI is InChI=1S/C14H26N2O2/c17-14(18)6-3-4-11-7-9-16-13(10-11)12-5-1-2-8-15-12/h11-13,15-16H,1-10H2,(H,17,18). The van der Waals surface area contributed by atoms with E-state index in [0.29, 0.717) is 18.5 Å². The topological polar surface area (TPSA) is 61.4 Å². The maximum atomic E-state index is 10.5. The normalized spacial score (nSPS) is 33.2. The molecule has 0 saturated carbocycles. The second-order valence-electron chi connectivity index (χ2n) is 5.79. The molecule has 0 aliphatic carbocycles. The van der Waals surface area contributed by atoms with Crippen LogP contribution in [0.4, 0.5) is 0 Å². The van der Waals surface area contributed by atoms with E-state index in [-0.39, 0.29) is 0 Å². The first-order chi connectivity index (χ1) is 8.75. The molecule has 3 atom stereocenters. The summed E-state index contributed by atoms with van der Waals surface area (Å²) in [5, 5.41) is 15.9. The number of hydrogen-bond donors (Lipinski definition) is 3. The van der Waals surface area contributed by atoms with Crippen LogP contribution in [0.5, 0.6) is 0 Å². The molecule has 3 unspecified atom stereocenters. The summed E-state index contributed by atoms with van der Waals surface area (Å²) in [6.45, 7) is 2.26. The zero-order chi connectivity index (χ0) is 12.8. The molecule has 0 aromatic heterocycles. The molecule has 3 N–H and O–H groups in total. The number of carbonyl (C=O) groups is 1. The highest BCUT2D eigenvalue weighted by atomic mass is 16.4. The minimum Gasteiger partial charge on any atom is -0.481 e. The Morgan fingerprint density at radius 3 is 2.67 bits per heavy atom. The third-order valence-corrected chi connectivity index (χ3v) is 4.38. The fourth-order valence-corrected chi connectivity index (χ4v) is 3.37. The average Bonchev–Trinajstić information content (AvgIpc) is 2.40. The van der Waals surface area contributed by atoms with Crippen LogP contribution in [0.15, 0.2) is 0 Å². The molecule has 2 heterocycles. The van der Waals surface area contributed by atoms with E-state index in [2.05, 4.69) is 10.6 Å². The van der Waals surface area contributed by atoms with Gasteiger partial charge in [0.2, 0.25) is 0 Å². The summed E-state index contributed by atoms with van der Waals surface area (Å²) in [6, 6.07) is 1.25. The van der Waals surface area contributed by atoms with Crippen molar-refractivity contribution in [3.05, 3.63) is 0 Å². The number of carboxylic acid groups (broad SMARTS) is 1. The predicted octanol–water partition coefficient (Wildman–Crippen LogP) is 1.75. The summed E-state index contributed by atoms with van der Waals surface area (Å²) >= 11 is 0. The summed E-state index contributed by atoms with van der Waals surface area (Å²) < 4.78 is 0. The highest BCUT2D eigenvalue weighted by molar-refractivity contribution is 5.66. The van der Waals surface area contributed by atoms with Gasteiger partial charge in [0.05, 0.1) is 0 Å². The Bertz CT molecular complexity index is 265. The van der Waals surface area contributed by atoms with Gasteiger partial charge in [0.15, 0.2) is 0 Å². The number of piperidine rings is 2. The molecule has 0 radical (unpaired) electrons. The first-order valence-electron chi connectivity index (χ1n) is 7.44. The molecular formula is C14H26N2O2. The summed E-state index contributed by atoms with van der Waals surface area (Å²) in [5.41, 5.74) is 0. The van der Waals surface area contributed by atoms with Crippen LogP contribution >= 0.6 is 0 Å². The summed E-state index contributed by atoms with van der Waals surface area (Å²) in [7, 11) is 0. The molecule has 2 rings (SSSR count). The molecule has 4 nitrogen and oxygen atoms in total. The van der Waals surface area contributed by atoms with Crippen LogP contribution in [-0.4, -0.2) is 36.2 Å². The Morgan fingerprint density at radius 1 is 1.11 bits per heavy atom. The predicted molar refractivity (Wildman–Crippen MR) is 71.6 cm³/mol. The Hall–Kier alpha value is -0.610. The Labute approximate surface area is 110 Å². The molecule has 0 spiro atoms. The average molecular weight is 254 g/mol. The number of hydrogen-bond acceptors (Lipinski definition) is 3. The highest BCUT2D eigenvalue weighted by Gasteiger charge is 2.28. The number of nitrogens with one attached hydrogen (secondary N) is 2. The van der Waals surface area contributed by atoms with E-state index in [4.69, 9.17) is 5.11 Å². The molecule has 0 aromatic carbocycles. The Kier molecular flexibility index (Phi) is 5.45. The van der Waals surface area contributed by atoms with Crippen molar-refractivity contribution in [1.82, 2.24) is 10.6 Å². The first kappa shape index (κ1) is 13.8. The van der Waals surface area contributed by atoms with Crippen LogP contribution in [0.2, 0.25) is 0 Å². The minimum atomic E-state index is -0.658. The molecule has 2 saturated heterocycles. The van der Waals surface area contributed by atoms with E-state index in [0.717, 1.165) is 31.8 Å². The summed E-state index contributed by atoms with van der Waals surface area (Å²) in [4.78, 5) is 10.5. The molecule has 0 aromatic rings. The number of aliphatic carboxylic acids is 1. The van der Waals surface area contributed by atoms with Crippen molar-refractivity contribution in [3.63, 3.8) is 0 Å². The maximum absolute atomic E-state index is 10.5. The van der Waals surface area contributed by atoms with Gasteiger partial charge in [0.25, 0.3) is 0 Å². The van der Waals surface area contributed by atoms with Gasteiger partial charge in [-0.3, -0.25) is 4.79 Å². The molecule has 104 valence electrons. The van der Waals surface area contributed by atoms with Crippen LogP contribution in [0.3, 0.4) is 0 Å². The fraction of sp³-hybridized carbons (Fsp3) is 0.929. The van der Waals surface area contributed by atoms with Crippen molar-refractivity contribution in [3.8, 4) is 0 Å². The van der Waals surface area contributed by atoms with E-state index in [1.807, 2.05) is 0 Å². The largest absolute Gasteiger partial charge is 0.481 e. The van der Waals surface area contributed by atoms with Crippen LogP contribution < -0.4 is 10.6 Å². The van der Waals surface area contributed by atoms with Gasteiger partial charge in [-0.05, 0) is 57.5 Å². The third kappa shape index (κ3) is 4.25. The molecule has 4 heteroatoms. The van der Waals surface area contributed by atoms with Crippen molar-refractivity contribution in [2.45, 2.75) is 63.5 Å². The minimum absolute atomic E-state index is 0.330. The maximum Gasteiger partial charge on any atom is 0.303 e. The Balaban J connectivity index is 1.71. The van der Waals surface area contributed by atoms with Crippen molar-refractivity contribution in [1.29, 1.82) is 0 Å². The first-order valence-corrected chi connectivity index (χ1v) is 7.44. The van der Waals surface area contributed by atoms with Crippen molar-refractivity contribution < 1.29 is 9.90 Å². The molecule has 2 aliphatic rings. The highest BCUT2D eigenvalue weighted by Crippen LogP contribution is 2.25. The lowest BCUT2D eigenvalue weighted by Crippen LogP contribution is -2.53. The second kappa shape index (κ2) is 7.10. The van der Waals surface area contributed by atoms with Crippen molar-refractivity contribution in [2.24, 2.45) is 5.92 Å². The second-order valence-corrected chi connectivity index (χ2v) is 5.79. The number of rotatable bonds is 5. The molecule has 0 amide bonds. The summed E-state index contributed by atoms with van der Waals surface area (Å²) in [6.07, 6.45) is 8.63. The van der Waals surface area contributed by atoms with Crippen LogP contribution in [-0.2, 0) is 4.79 Å². The van der Waals surface area contributed by atoms with Gasteiger partial charge in [-0.1, -0.05) is 6.42 Å². The van der Waals surface area contributed by atoms with E-state index >= 15 is 0 Å². The quantitative estimate of drug-likeness (QED) is 0.699. The van der Waals surface area contributed by atoms with Crippen LogP contribution in [0.1, 0.15) is 51.4 Å². The molecular weight excluding hydrogens is 228 g/mol. The zero-order valence-corrected chi connectivity index (χ0v) is 11.2. The van der Waals surface area contributed by atoms with Gasteiger partial charge in [-0.15, -0.1) is 0 Å². The monoisotopic (exact) mass is 254 g/mol. The Morgan fingerprint density at radius 2 is 1.94 bits per heavy atom. The van der Waals surface area contributed by atoms with Crippen LogP contribution in [0, 0.1) is 5.92 Å². The lowest BCUT2D eigenvalue weighted by molar-refractivity contribution is -0.137. The lowest BCUT2D eigenvalue weighted by Gasteiger charge is -2.38. The van der Waals surface area contributed by atoms with Crippen LogP contribution in [0.25, 0.3) is 0 Å². The third-order valence-electron chi connectivity index (χ3n) is 4.38. The molecule has 2 aliphatic heterocycles. The van der Waals surface area contributed by atoms with Crippen molar-refractivity contribution >= 4 is 5.97 Å². The molecule has 0 bridgehead atoms. The van der Waals surface area contributed by atoms with Gasteiger partial charge in [-0.2, -0.15) is 0 Å². The van der Waals surface area contributed by atoms with Gasteiger partial charge >= 0.3 is 5.97 Å². The van der Waals surface area contributed by atoms with E-state index < -0.39 is 5.97 Å². The van der Waals surface area contributed by atoms with Gasteiger partial charge < -0.3 is 15.7 Å². The molecule has 18 heavy (non-hydrogen) atoms. The van der Waals surface area contributed by atoms with E-state index in [1.54, 1.807) is 0 Å². The van der Waals surface area contributed by atoms with E-state index in [9.17, 15) is 4.79 Å². The van der Waals surface area contributed by atoms with E-state index in [1.165, 1.54) is 32.1 Å². The van der Waals surface area contributed by atoms with Gasteiger partial charge in [-0.25, -0.2) is 0 Å². The zero-order valence-electron chi connectivity index (χ0n) is 11.2. The smallest absolute Gasteiger partial charge is 0.303 e. The van der Waals surface area contributed by atoms with Gasteiger partial charge in [0, 0.05) is 18.5 Å².